The van der Waals surface area contributed by atoms with Crippen LogP contribution in [0.25, 0.3) is 0 Å². The predicted octanol–water partition coefficient (Wildman–Crippen LogP) is 4.57. The van der Waals surface area contributed by atoms with Gasteiger partial charge in [-0.25, -0.2) is 0 Å². The lowest BCUT2D eigenvalue weighted by Gasteiger charge is -2.07. The summed E-state index contributed by atoms with van der Waals surface area (Å²) in [6.45, 7) is 0. The average Bonchev–Trinajstić information content (AvgIpc) is 2.89. The zero-order valence-corrected chi connectivity index (χ0v) is 10.5. The van der Waals surface area contributed by atoms with Crippen LogP contribution in [-0.2, 0) is 4.74 Å². The maximum Gasteiger partial charge on any atom is 0.165 e. The second-order valence-electron chi connectivity index (χ2n) is 3.89. The van der Waals surface area contributed by atoms with E-state index in [-0.39, 0.29) is 5.92 Å². The first-order valence-corrected chi connectivity index (χ1v) is 6.55. The maximum absolute atomic E-state index is 5.83. The molecule has 0 fully saturated rings. The molecule has 0 spiro atoms. The van der Waals surface area contributed by atoms with Gasteiger partial charge in [-0.1, -0.05) is 30.0 Å². The Morgan fingerprint density at radius 3 is 2.44 bits per heavy atom. The van der Waals surface area contributed by atoms with Gasteiger partial charge in [0.05, 0.1) is 18.4 Å². The summed E-state index contributed by atoms with van der Waals surface area (Å²) in [7, 11) is 0. The van der Waals surface area contributed by atoms with Crippen LogP contribution in [0.1, 0.15) is 11.7 Å². The van der Waals surface area contributed by atoms with Gasteiger partial charge in [-0.05, 0) is 36.4 Å². The highest BCUT2D eigenvalue weighted by Gasteiger charge is 2.12. The first-order valence-electron chi connectivity index (χ1n) is 5.73. The molecule has 0 aliphatic carbocycles. The Labute approximate surface area is 110 Å². The molecule has 1 aliphatic heterocycles. The Morgan fingerprint density at radius 2 is 1.67 bits per heavy atom. The molecular formula is C15H12O2S. The highest BCUT2D eigenvalue weighted by Crippen LogP contribution is 2.32. The van der Waals surface area contributed by atoms with Gasteiger partial charge >= 0.3 is 0 Å². The second kappa shape index (κ2) is 5.19. The van der Waals surface area contributed by atoms with Gasteiger partial charge < -0.3 is 9.15 Å². The summed E-state index contributed by atoms with van der Waals surface area (Å²) < 4.78 is 10.8. The van der Waals surface area contributed by atoms with Crippen LogP contribution in [0.4, 0.5) is 0 Å². The number of furan rings is 1. The van der Waals surface area contributed by atoms with Crippen molar-refractivity contribution in [3.05, 3.63) is 72.9 Å². The largest absolute Gasteiger partial charge is 0.473 e. The molecule has 0 saturated carbocycles. The van der Waals surface area contributed by atoms with Crippen molar-refractivity contribution in [1.29, 1.82) is 0 Å². The minimum Gasteiger partial charge on any atom is -0.473 e. The highest BCUT2D eigenvalue weighted by atomic mass is 32.2. The third-order valence-electron chi connectivity index (χ3n) is 2.62. The van der Waals surface area contributed by atoms with Crippen LogP contribution < -0.4 is 0 Å². The van der Waals surface area contributed by atoms with Crippen LogP contribution in [0.15, 0.2) is 81.5 Å². The fourth-order valence-corrected chi connectivity index (χ4v) is 2.53. The standard InChI is InChI=1S/C15H12O2S/c1-2-4-13(5-3-1)18-15-7-6-14(17-15)12-8-10-16-11-9-12/h1-12H. The van der Waals surface area contributed by atoms with Crippen molar-refractivity contribution in [2.45, 2.75) is 15.9 Å². The third-order valence-corrected chi connectivity index (χ3v) is 3.55. The lowest BCUT2D eigenvalue weighted by molar-refractivity contribution is 0.378. The maximum atomic E-state index is 5.83. The van der Waals surface area contributed by atoms with E-state index in [1.54, 1.807) is 24.3 Å². The smallest absolute Gasteiger partial charge is 0.165 e. The normalized spacial score (nSPS) is 14.7. The van der Waals surface area contributed by atoms with Crippen molar-refractivity contribution >= 4 is 11.8 Å². The van der Waals surface area contributed by atoms with Gasteiger partial charge in [-0.15, -0.1) is 0 Å². The van der Waals surface area contributed by atoms with Crippen molar-refractivity contribution in [3.63, 3.8) is 0 Å². The van der Waals surface area contributed by atoms with E-state index >= 15 is 0 Å². The first-order chi connectivity index (χ1) is 8.92. The van der Waals surface area contributed by atoms with Gasteiger partial charge in [0.1, 0.15) is 5.76 Å². The van der Waals surface area contributed by atoms with Crippen molar-refractivity contribution in [2.24, 2.45) is 0 Å². The molecule has 0 atom stereocenters. The van der Waals surface area contributed by atoms with E-state index in [1.165, 1.54) is 4.90 Å². The van der Waals surface area contributed by atoms with Crippen LogP contribution >= 0.6 is 11.8 Å². The van der Waals surface area contributed by atoms with E-state index in [2.05, 4.69) is 12.1 Å². The topological polar surface area (TPSA) is 22.4 Å². The van der Waals surface area contributed by atoms with Crippen LogP contribution in [0.5, 0.6) is 0 Å². The molecule has 18 heavy (non-hydrogen) atoms. The summed E-state index contributed by atoms with van der Waals surface area (Å²) in [4.78, 5) is 1.18. The molecular weight excluding hydrogens is 244 g/mol. The van der Waals surface area contributed by atoms with Crippen LogP contribution in [0.3, 0.4) is 0 Å². The van der Waals surface area contributed by atoms with Gasteiger partial charge in [0.25, 0.3) is 0 Å². The van der Waals surface area contributed by atoms with E-state index in [9.17, 15) is 0 Å². The second-order valence-corrected chi connectivity index (χ2v) is 4.97. The average molecular weight is 256 g/mol. The molecule has 0 N–H and O–H groups in total. The minimum absolute atomic E-state index is 0.170. The number of ether oxygens (including phenoxy) is 1. The molecule has 3 heteroatoms. The van der Waals surface area contributed by atoms with Gasteiger partial charge in [0.2, 0.25) is 0 Å². The lowest BCUT2D eigenvalue weighted by atomic mass is 10.1. The molecule has 1 aromatic carbocycles. The van der Waals surface area contributed by atoms with Crippen molar-refractivity contribution in [2.75, 3.05) is 0 Å². The van der Waals surface area contributed by atoms with E-state index < -0.39 is 0 Å². The van der Waals surface area contributed by atoms with E-state index in [0.717, 1.165) is 10.9 Å². The monoisotopic (exact) mass is 256 g/mol. The summed E-state index contributed by atoms with van der Waals surface area (Å²) in [6, 6.07) is 14.2. The first kappa shape index (κ1) is 11.2. The van der Waals surface area contributed by atoms with Gasteiger partial charge in [-0.3, -0.25) is 0 Å². The summed E-state index contributed by atoms with van der Waals surface area (Å²) in [5.74, 6) is 1.10. The SMILES string of the molecule is C1=CC(c2ccc(Sc3ccccc3)o2)C=CO1. The minimum atomic E-state index is 0.170. The number of benzene rings is 1. The molecule has 0 radical (unpaired) electrons. The van der Waals surface area contributed by atoms with Crippen LogP contribution in [-0.4, -0.2) is 0 Å². The Kier molecular flexibility index (Phi) is 3.24. The molecule has 0 saturated heterocycles. The number of hydrogen-bond acceptors (Lipinski definition) is 3. The van der Waals surface area contributed by atoms with Crippen molar-refractivity contribution in [1.82, 2.24) is 0 Å². The zero-order valence-electron chi connectivity index (χ0n) is 9.65. The third kappa shape index (κ3) is 2.51. The zero-order chi connectivity index (χ0) is 12.2. The van der Waals surface area contributed by atoms with Crippen molar-refractivity contribution in [3.8, 4) is 0 Å². The summed E-state index contributed by atoms with van der Waals surface area (Å²) in [5, 5.41) is 0.907. The Morgan fingerprint density at radius 1 is 0.889 bits per heavy atom. The van der Waals surface area contributed by atoms with E-state index in [0.29, 0.717) is 0 Å². The predicted molar refractivity (Wildman–Crippen MR) is 71.4 cm³/mol. The lowest BCUT2D eigenvalue weighted by Crippen LogP contribution is -1.92. The molecule has 0 amide bonds. The summed E-state index contributed by atoms with van der Waals surface area (Å²) in [6.07, 6.45) is 7.29. The van der Waals surface area contributed by atoms with Gasteiger partial charge in [0, 0.05) is 4.90 Å². The Hall–Kier alpha value is -1.87. The molecule has 1 aromatic heterocycles. The Bertz CT molecular complexity index is 557. The summed E-state index contributed by atoms with van der Waals surface area (Å²) >= 11 is 1.63. The molecule has 0 bridgehead atoms. The van der Waals surface area contributed by atoms with Crippen LogP contribution in [0.2, 0.25) is 0 Å². The van der Waals surface area contributed by atoms with Gasteiger partial charge in [0.15, 0.2) is 5.09 Å². The van der Waals surface area contributed by atoms with Crippen LogP contribution in [0, 0.1) is 0 Å². The number of rotatable bonds is 3. The van der Waals surface area contributed by atoms with Gasteiger partial charge in [-0.2, -0.15) is 0 Å². The molecule has 90 valence electrons. The quantitative estimate of drug-likeness (QED) is 0.803. The molecule has 2 heterocycles. The number of allylic oxidation sites excluding steroid dienone is 2. The fraction of sp³-hybridized carbons (Fsp3) is 0.0667. The molecule has 3 rings (SSSR count). The molecule has 0 unspecified atom stereocenters. The number of hydrogen-bond donors (Lipinski definition) is 0. The fourth-order valence-electron chi connectivity index (χ4n) is 1.73. The van der Waals surface area contributed by atoms with E-state index in [4.69, 9.17) is 9.15 Å². The summed E-state index contributed by atoms with van der Waals surface area (Å²) in [5.41, 5.74) is 0. The molecule has 2 aromatic rings. The van der Waals surface area contributed by atoms with Crippen molar-refractivity contribution < 1.29 is 9.15 Å². The highest BCUT2D eigenvalue weighted by molar-refractivity contribution is 7.99. The molecule has 1 aliphatic rings. The molecule has 2 nitrogen and oxygen atoms in total. The Balaban J connectivity index is 1.75. The van der Waals surface area contributed by atoms with E-state index in [1.807, 2.05) is 42.5 Å².